The molecule has 4 heteroatoms. The van der Waals surface area contributed by atoms with Gasteiger partial charge < -0.3 is 0 Å². The monoisotopic (exact) mass is 448 g/mol. The van der Waals surface area contributed by atoms with Gasteiger partial charge in [0.25, 0.3) is 0 Å². The van der Waals surface area contributed by atoms with Gasteiger partial charge in [0.05, 0.1) is 0 Å². The number of nitrogens with one attached hydrogen (secondary N) is 2. The number of hydrogen-bond acceptors (Lipinski definition) is 2. The zero-order valence-electron chi connectivity index (χ0n) is 15.4. The molecule has 28 heavy (non-hydrogen) atoms. The van der Waals surface area contributed by atoms with Gasteiger partial charge >= 0.3 is 175 Å². The van der Waals surface area contributed by atoms with Crippen LogP contribution in [0.1, 0.15) is 0 Å². The third kappa shape index (κ3) is 3.56. The van der Waals surface area contributed by atoms with E-state index in [-0.39, 0.29) is 0 Å². The van der Waals surface area contributed by atoms with Gasteiger partial charge in [0, 0.05) is 0 Å². The van der Waals surface area contributed by atoms with Crippen LogP contribution in [-0.4, -0.2) is 0 Å². The number of para-hydroxylation sites is 2. The van der Waals surface area contributed by atoms with Crippen molar-refractivity contribution in [3.63, 3.8) is 0 Å². The molecule has 0 aromatic heterocycles. The predicted octanol–water partition coefficient (Wildman–Crippen LogP) is 6.55. The fraction of sp³-hybridized carbons (Fsp3) is 0. The van der Waals surface area contributed by atoms with Gasteiger partial charge in [-0.3, -0.25) is 0 Å². The summed E-state index contributed by atoms with van der Waals surface area (Å²) in [6, 6.07) is 41.8. The molecule has 0 saturated heterocycles. The molecule has 0 amide bonds. The van der Waals surface area contributed by atoms with Crippen LogP contribution in [0, 0.1) is 0 Å². The Morgan fingerprint density at radius 2 is 0.714 bits per heavy atom. The van der Waals surface area contributed by atoms with Crippen molar-refractivity contribution < 1.29 is 0 Å². The van der Waals surface area contributed by atoms with Crippen LogP contribution in [0.15, 0.2) is 121 Å². The Kier molecular flexibility index (Phi) is 5.21. The standard InChI is InChI=1S/C24H22BrN2P/c25-28(23-17-9-3-10-18-23,24-19-11-4-12-20-24,26-21-13-5-1-6-14-21)27-22-15-7-2-8-16-22/h1-20,26-27H. The Morgan fingerprint density at radius 1 is 0.429 bits per heavy atom. The summed E-state index contributed by atoms with van der Waals surface area (Å²) in [5.41, 5.74) is -1.13. The summed E-state index contributed by atoms with van der Waals surface area (Å²) in [5.74, 6) is 0. The van der Waals surface area contributed by atoms with Crippen molar-refractivity contribution in [3.05, 3.63) is 121 Å². The van der Waals surface area contributed by atoms with Gasteiger partial charge in [-0.2, -0.15) is 0 Å². The van der Waals surface area contributed by atoms with Gasteiger partial charge in [0.1, 0.15) is 0 Å². The third-order valence-corrected chi connectivity index (χ3v) is 12.1. The Bertz CT molecular complexity index is 940. The Labute approximate surface area is 174 Å². The van der Waals surface area contributed by atoms with Crippen LogP contribution in [0.25, 0.3) is 0 Å². The SMILES string of the molecule is BrP(Nc1ccccc1)(Nc1ccccc1)(c1ccccc1)c1ccccc1. The quantitative estimate of drug-likeness (QED) is 0.326. The van der Waals surface area contributed by atoms with Crippen molar-refractivity contribution in [1.82, 2.24) is 0 Å². The van der Waals surface area contributed by atoms with Crippen molar-refractivity contribution in [3.8, 4) is 0 Å². The molecule has 0 aliphatic heterocycles. The average Bonchev–Trinajstić information content (AvgIpc) is 2.76. The zero-order chi connectivity index (χ0) is 19.3. The number of halogens is 1. The Balaban J connectivity index is 1.99. The number of benzene rings is 4. The van der Waals surface area contributed by atoms with Crippen LogP contribution in [0.4, 0.5) is 11.4 Å². The molecule has 2 nitrogen and oxygen atoms in total. The van der Waals surface area contributed by atoms with Crippen LogP contribution < -0.4 is 20.8 Å². The molecule has 0 fully saturated rings. The third-order valence-electron chi connectivity index (χ3n) is 4.71. The molecule has 2 N–H and O–H groups in total. The second-order valence-corrected chi connectivity index (χ2v) is 14.4. The first-order valence-electron chi connectivity index (χ1n) is 9.21. The molecule has 0 atom stereocenters. The average molecular weight is 449 g/mol. The molecule has 4 aromatic carbocycles. The van der Waals surface area contributed by atoms with Crippen LogP contribution in [0.3, 0.4) is 0 Å². The molecule has 0 heterocycles. The van der Waals surface area contributed by atoms with E-state index in [1.807, 2.05) is 24.3 Å². The summed E-state index contributed by atoms with van der Waals surface area (Å²) < 4.78 is 0. The van der Waals surface area contributed by atoms with E-state index >= 15 is 0 Å². The minimum atomic E-state index is -3.23. The van der Waals surface area contributed by atoms with Gasteiger partial charge in [-0.25, -0.2) is 0 Å². The zero-order valence-corrected chi connectivity index (χ0v) is 17.9. The summed E-state index contributed by atoms with van der Waals surface area (Å²) >= 11 is 4.29. The molecule has 0 aliphatic rings. The van der Waals surface area contributed by atoms with Crippen molar-refractivity contribution in [2.75, 3.05) is 10.2 Å². The van der Waals surface area contributed by atoms with Gasteiger partial charge in [0.2, 0.25) is 0 Å². The van der Waals surface area contributed by atoms with Crippen molar-refractivity contribution >= 4 is 43.1 Å². The van der Waals surface area contributed by atoms with Gasteiger partial charge in [-0.1, -0.05) is 0 Å². The molecular weight excluding hydrogens is 427 g/mol. The first kappa shape index (κ1) is 18.7. The topological polar surface area (TPSA) is 24.1 Å². The van der Waals surface area contributed by atoms with E-state index in [2.05, 4.69) is 123 Å². The summed E-state index contributed by atoms with van der Waals surface area (Å²) in [5, 5.41) is 10.1. The minimum absolute atomic E-state index is 1.05. The van der Waals surface area contributed by atoms with Crippen LogP contribution >= 0.6 is 21.1 Å². The van der Waals surface area contributed by atoms with Gasteiger partial charge in [-0.05, 0) is 0 Å². The van der Waals surface area contributed by atoms with Gasteiger partial charge in [-0.15, -0.1) is 0 Å². The summed E-state index contributed by atoms with van der Waals surface area (Å²) in [6.45, 7) is 0. The summed E-state index contributed by atoms with van der Waals surface area (Å²) in [7, 11) is 0. The molecule has 0 saturated carbocycles. The first-order valence-corrected chi connectivity index (χ1v) is 13.5. The van der Waals surface area contributed by atoms with E-state index in [0.29, 0.717) is 0 Å². The number of hydrogen-bond donors (Lipinski definition) is 2. The molecule has 0 aliphatic carbocycles. The van der Waals surface area contributed by atoms with Crippen LogP contribution in [0.5, 0.6) is 0 Å². The normalized spacial score (nSPS) is 12.5. The Morgan fingerprint density at radius 3 is 1.04 bits per heavy atom. The van der Waals surface area contributed by atoms with E-state index in [0.717, 1.165) is 11.4 Å². The molecule has 4 aromatic rings. The maximum absolute atomic E-state index is 4.29. The van der Waals surface area contributed by atoms with Gasteiger partial charge in [0.15, 0.2) is 0 Å². The second kappa shape index (κ2) is 7.79. The van der Waals surface area contributed by atoms with E-state index in [9.17, 15) is 0 Å². The molecular formula is C24H22BrN2P. The van der Waals surface area contributed by atoms with Crippen LogP contribution in [0.2, 0.25) is 0 Å². The molecule has 0 radical (unpaired) electrons. The summed E-state index contributed by atoms with van der Waals surface area (Å²) in [4.78, 5) is 0. The predicted molar refractivity (Wildman–Crippen MR) is 128 cm³/mol. The van der Waals surface area contributed by atoms with E-state index < -0.39 is 5.61 Å². The van der Waals surface area contributed by atoms with Crippen molar-refractivity contribution in [2.24, 2.45) is 0 Å². The van der Waals surface area contributed by atoms with Crippen molar-refractivity contribution in [1.29, 1.82) is 0 Å². The van der Waals surface area contributed by atoms with E-state index in [1.54, 1.807) is 0 Å². The number of anilines is 2. The maximum atomic E-state index is 4.29. The first-order chi connectivity index (χ1) is 13.7. The van der Waals surface area contributed by atoms with Crippen molar-refractivity contribution in [2.45, 2.75) is 0 Å². The van der Waals surface area contributed by atoms with E-state index in [4.69, 9.17) is 0 Å². The second-order valence-electron chi connectivity index (χ2n) is 6.64. The molecule has 0 bridgehead atoms. The molecule has 0 spiro atoms. The molecule has 0 unspecified atom stereocenters. The van der Waals surface area contributed by atoms with Crippen LogP contribution in [-0.2, 0) is 0 Å². The fourth-order valence-electron chi connectivity index (χ4n) is 3.36. The Hall–Kier alpha value is -2.61. The summed E-state index contributed by atoms with van der Waals surface area (Å²) in [6.07, 6.45) is 0. The fourth-order valence-corrected chi connectivity index (χ4v) is 9.61. The molecule has 140 valence electrons. The van der Waals surface area contributed by atoms with E-state index in [1.165, 1.54) is 10.6 Å². The number of rotatable bonds is 6. The molecule has 4 rings (SSSR count).